The van der Waals surface area contributed by atoms with Gasteiger partial charge in [-0.3, -0.25) is 9.59 Å². The lowest BCUT2D eigenvalue weighted by atomic mass is 10.1. The van der Waals surface area contributed by atoms with Crippen LogP contribution >= 0.6 is 22.9 Å². The number of benzene rings is 1. The van der Waals surface area contributed by atoms with Crippen molar-refractivity contribution in [1.29, 1.82) is 0 Å². The summed E-state index contributed by atoms with van der Waals surface area (Å²) < 4.78 is 41.3. The van der Waals surface area contributed by atoms with E-state index in [1.807, 2.05) is 0 Å². The Labute approximate surface area is 160 Å². The topological polar surface area (TPSA) is 64.0 Å². The van der Waals surface area contributed by atoms with Crippen molar-refractivity contribution in [3.63, 3.8) is 0 Å². The number of amides is 1. The van der Waals surface area contributed by atoms with E-state index in [9.17, 15) is 22.8 Å². The van der Waals surface area contributed by atoms with Crippen LogP contribution in [0.15, 0.2) is 48.0 Å². The third kappa shape index (κ3) is 4.04. The van der Waals surface area contributed by atoms with E-state index in [-0.39, 0.29) is 15.6 Å². The van der Waals surface area contributed by atoms with Crippen LogP contribution in [0.3, 0.4) is 0 Å². The van der Waals surface area contributed by atoms with E-state index in [0.717, 1.165) is 17.5 Å². The van der Waals surface area contributed by atoms with Gasteiger partial charge in [0.15, 0.2) is 11.5 Å². The number of hydrogen-bond acceptors (Lipinski definition) is 4. The molecule has 0 bridgehead atoms. The van der Waals surface area contributed by atoms with Crippen molar-refractivity contribution in [1.82, 2.24) is 15.1 Å². The van der Waals surface area contributed by atoms with E-state index in [1.165, 1.54) is 18.2 Å². The first-order valence-electron chi connectivity index (χ1n) is 7.54. The SMILES string of the molecule is O=C(CNC(=O)c1sccc1Cl)c1cnn(-c2ccccc2)c1C(F)(F)F. The van der Waals surface area contributed by atoms with Gasteiger partial charge in [0.05, 0.1) is 29.0 Å². The number of thiophene rings is 1. The molecule has 0 unspecified atom stereocenters. The zero-order chi connectivity index (χ0) is 19.6. The third-order valence-corrected chi connectivity index (χ3v) is 4.91. The summed E-state index contributed by atoms with van der Waals surface area (Å²) in [5.41, 5.74) is -1.65. The molecule has 5 nitrogen and oxygen atoms in total. The second-order valence-corrected chi connectivity index (χ2v) is 6.68. The average Bonchev–Trinajstić information content (AvgIpc) is 3.26. The van der Waals surface area contributed by atoms with Crippen molar-refractivity contribution in [3.8, 4) is 5.69 Å². The fraction of sp³-hybridized carbons (Fsp3) is 0.118. The number of rotatable bonds is 5. The lowest BCUT2D eigenvalue weighted by Gasteiger charge is -2.12. The Bertz CT molecular complexity index is 983. The van der Waals surface area contributed by atoms with E-state index in [0.29, 0.717) is 4.68 Å². The summed E-state index contributed by atoms with van der Waals surface area (Å²) in [5.74, 6) is -1.54. The van der Waals surface area contributed by atoms with Crippen LogP contribution < -0.4 is 5.32 Å². The molecule has 0 aliphatic carbocycles. The Morgan fingerprint density at radius 2 is 1.89 bits per heavy atom. The van der Waals surface area contributed by atoms with Gasteiger partial charge >= 0.3 is 6.18 Å². The van der Waals surface area contributed by atoms with Gasteiger partial charge in [-0.05, 0) is 23.6 Å². The maximum absolute atomic E-state index is 13.5. The minimum absolute atomic E-state index is 0.165. The minimum Gasteiger partial charge on any atom is -0.344 e. The van der Waals surface area contributed by atoms with Crippen LogP contribution in [0, 0.1) is 0 Å². The second-order valence-electron chi connectivity index (χ2n) is 5.36. The van der Waals surface area contributed by atoms with Crippen molar-refractivity contribution in [3.05, 3.63) is 69.1 Å². The van der Waals surface area contributed by atoms with E-state index in [2.05, 4.69) is 10.4 Å². The largest absolute Gasteiger partial charge is 0.434 e. The van der Waals surface area contributed by atoms with Crippen LogP contribution in [-0.2, 0) is 6.18 Å². The Balaban J connectivity index is 1.86. The maximum Gasteiger partial charge on any atom is 0.434 e. The van der Waals surface area contributed by atoms with Crippen LogP contribution in [0.5, 0.6) is 0 Å². The van der Waals surface area contributed by atoms with Crippen molar-refractivity contribution in [2.45, 2.75) is 6.18 Å². The lowest BCUT2D eigenvalue weighted by Crippen LogP contribution is -2.30. The summed E-state index contributed by atoms with van der Waals surface area (Å²) in [4.78, 5) is 24.5. The van der Waals surface area contributed by atoms with E-state index in [4.69, 9.17) is 11.6 Å². The fourth-order valence-electron chi connectivity index (χ4n) is 2.38. The predicted molar refractivity (Wildman–Crippen MR) is 94.6 cm³/mol. The number of halogens is 4. The molecule has 2 aromatic heterocycles. The van der Waals surface area contributed by atoms with Gasteiger partial charge in [0.2, 0.25) is 0 Å². The summed E-state index contributed by atoms with van der Waals surface area (Å²) in [7, 11) is 0. The number of hydrogen-bond donors (Lipinski definition) is 1. The number of Topliss-reactive ketones (excluding diaryl/α,β-unsaturated/α-hetero) is 1. The molecule has 0 atom stereocenters. The zero-order valence-corrected chi connectivity index (χ0v) is 15.0. The van der Waals surface area contributed by atoms with Gasteiger partial charge in [-0.1, -0.05) is 29.8 Å². The van der Waals surface area contributed by atoms with Crippen LogP contribution in [0.25, 0.3) is 5.69 Å². The van der Waals surface area contributed by atoms with Crippen LogP contribution in [0.4, 0.5) is 13.2 Å². The number of para-hydroxylation sites is 1. The zero-order valence-electron chi connectivity index (χ0n) is 13.5. The molecule has 10 heteroatoms. The number of nitrogens with zero attached hydrogens (tertiary/aromatic N) is 2. The normalized spacial score (nSPS) is 11.4. The molecule has 0 aliphatic rings. The number of aromatic nitrogens is 2. The van der Waals surface area contributed by atoms with Gasteiger partial charge < -0.3 is 5.32 Å². The molecule has 1 amide bonds. The van der Waals surface area contributed by atoms with E-state index in [1.54, 1.807) is 23.6 Å². The van der Waals surface area contributed by atoms with E-state index < -0.39 is 35.7 Å². The Kier molecular flexibility index (Phi) is 5.33. The smallest absolute Gasteiger partial charge is 0.344 e. The Hall–Kier alpha value is -2.65. The Morgan fingerprint density at radius 1 is 1.19 bits per heavy atom. The predicted octanol–water partition coefficient (Wildman–Crippen LogP) is 4.22. The minimum atomic E-state index is -4.81. The molecule has 0 aliphatic heterocycles. The average molecular weight is 414 g/mol. The molecular weight excluding hydrogens is 403 g/mol. The molecule has 0 saturated carbocycles. The highest BCUT2D eigenvalue weighted by atomic mass is 35.5. The standard InChI is InChI=1S/C17H11ClF3N3O2S/c18-12-6-7-27-14(12)16(26)22-9-13(25)11-8-23-24(15(11)17(19,20)21)10-4-2-1-3-5-10/h1-8H,9H2,(H,22,26). The molecule has 27 heavy (non-hydrogen) atoms. The van der Waals surface area contributed by atoms with Crippen LogP contribution in [0.2, 0.25) is 5.02 Å². The summed E-state index contributed by atoms with van der Waals surface area (Å²) in [6.07, 6.45) is -3.96. The summed E-state index contributed by atoms with van der Waals surface area (Å²) in [6.45, 7) is -0.614. The fourth-order valence-corrected chi connectivity index (χ4v) is 3.44. The molecular formula is C17H11ClF3N3O2S. The monoisotopic (exact) mass is 413 g/mol. The summed E-state index contributed by atoms with van der Waals surface area (Å²) in [5, 5.41) is 7.79. The van der Waals surface area contributed by atoms with Crippen molar-refractivity contribution < 1.29 is 22.8 Å². The molecule has 0 saturated heterocycles. The van der Waals surface area contributed by atoms with Gasteiger partial charge in [-0.15, -0.1) is 11.3 Å². The highest BCUT2D eigenvalue weighted by Crippen LogP contribution is 2.33. The van der Waals surface area contributed by atoms with Gasteiger partial charge in [-0.2, -0.15) is 18.3 Å². The van der Waals surface area contributed by atoms with Crippen LogP contribution in [-0.4, -0.2) is 28.0 Å². The van der Waals surface area contributed by atoms with Gasteiger partial charge in [0, 0.05) is 0 Å². The number of carbonyl (C=O) groups is 2. The first-order valence-corrected chi connectivity index (χ1v) is 8.80. The van der Waals surface area contributed by atoms with Gasteiger partial charge in [0.25, 0.3) is 5.91 Å². The summed E-state index contributed by atoms with van der Waals surface area (Å²) >= 11 is 6.89. The molecule has 0 spiro atoms. The number of carbonyl (C=O) groups excluding carboxylic acids is 2. The number of alkyl halides is 3. The maximum atomic E-state index is 13.5. The molecule has 2 heterocycles. The van der Waals surface area contributed by atoms with Crippen molar-refractivity contribution in [2.24, 2.45) is 0 Å². The quantitative estimate of drug-likeness (QED) is 0.637. The molecule has 1 aromatic carbocycles. The molecule has 3 rings (SSSR count). The second kappa shape index (κ2) is 7.53. The van der Waals surface area contributed by atoms with Crippen molar-refractivity contribution >= 4 is 34.6 Å². The molecule has 0 fully saturated rings. The molecule has 0 radical (unpaired) electrons. The number of ketones is 1. The first kappa shape index (κ1) is 19.1. The van der Waals surface area contributed by atoms with Gasteiger partial charge in [-0.25, -0.2) is 4.68 Å². The third-order valence-electron chi connectivity index (χ3n) is 3.57. The first-order chi connectivity index (χ1) is 12.8. The number of nitrogens with one attached hydrogen (secondary N) is 1. The van der Waals surface area contributed by atoms with E-state index >= 15 is 0 Å². The van der Waals surface area contributed by atoms with Crippen LogP contribution in [0.1, 0.15) is 25.7 Å². The molecule has 140 valence electrons. The lowest BCUT2D eigenvalue weighted by molar-refractivity contribution is -0.143. The molecule has 1 N–H and O–H groups in total. The molecule has 3 aromatic rings. The summed E-state index contributed by atoms with van der Waals surface area (Å²) in [6, 6.07) is 9.16. The van der Waals surface area contributed by atoms with Crippen molar-refractivity contribution in [2.75, 3.05) is 6.54 Å². The van der Waals surface area contributed by atoms with Gasteiger partial charge in [0.1, 0.15) is 4.88 Å². The Morgan fingerprint density at radius 3 is 2.48 bits per heavy atom. The highest BCUT2D eigenvalue weighted by molar-refractivity contribution is 7.12. The highest BCUT2D eigenvalue weighted by Gasteiger charge is 2.40.